The van der Waals surface area contributed by atoms with Gasteiger partial charge in [-0.3, -0.25) is 4.79 Å². The Bertz CT molecular complexity index is 805. The smallest absolute Gasteiger partial charge is 0.227 e. The summed E-state index contributed by atoms with van der Waals surface area (Å²) in [5.74, 6) is 1.34. The number of fused-ring (bicyclic) bond motifs is 1. The summed E-state index contributed by atoms with van der Waals surface area (Å²) in [5, 5.41) is 0.506. The lowest BCUT2D eigenvalue weighted by molar-refractivity contribution is -0.130. The number of nitrogens with zero attached hydrogens (tertiary/aromatic N) is 2. The van der Waals surface area contributed by atoms with Crippen molar-refractivity contribution in [2.45, 2.75) is 12.8 Å². The topological polar surface area (TPSA) is 42.0 Å². The van der Waals surface area contributed by atoms with Crippen molar-refractivity contribution in [2.24, 2.45) is 0 Å². The molecule has 0 atom stereocenters. The molecule has 0 saturated carbocycles. The zero-order chi connectivity index (χ0) is 18.6. The summed E-state index contributed by atoms with van der Waals surface area (Å²) < 4.78 is 11.4. The largest absolute Gasteiger partial charge is 0.489 e. The van der Waals surface area contributed by atoms with Crippen LogP contribution in [-0.2, 0) is 11.2 Å². The summed E-state index contributed by atoms with van der Waals surface area (Å²) in [6, 6.07) is 14.0. The Morgan fingerprint density at radius 1 is 1.00 bits per heavy atom. The quantitative estimate of drug-likeness (QED) is 0.810. The molecule has 0 bridgehead atoms. The Labute approximate surface area is 164 Å². The van der Waals surface area contributed by atoms with Crippen molar-refractivity contribution in [1.82, 2.24) is 4.90 Å². The van der Waals surface area contributed by atoms with Gasteiger partial charge in [-0.25, -0.2) is 0 Å². The summed E-state index contributed by atoms with van der Waals surface area (Å²) >= 11 is 6.34. The fourth-order valence-electron chi connectivity index (χ4n) is 3.53. The molecule has 4 rings (SSSR count). The van der Waals surface area contributed by atoms with Crippen molar-refractivity contribution < 1.29 is 14.3 Å². The van der Waals surface area contributed by atoms with Crippen molar-refractivity contribution in [3.63, 3.8) is 0 Å². The fraction of sp³-hybridized carbons (Fsp3) is 0.381. The second-order valence-electron chi connectivity index (χ2n) is 6.84. The van der Waals surface area contributed by atoms with E-state index in [0.29, 0.717) is 36.2 Å². The van der Waals surface area contributed by atoms with Crippen molar-refractivity contribution in [1.29, 1.82) is 0 Å². The predicted molar refractivity (Wildman–Crippen MR) is 106 cm³/mol. The molecule has 1 amide bonds. The Hall–Kier alpha value is -2.40. The first-order valence-corrected chi connectivity index (χ1v) is 9.74. The van der Waals surface area contributed by atoms with Gasteiger partial charge in [0.15, 0.2) is 11.5 Å². The van der Waals surface area contributed by atoms with Crippen molar-refractivity contribution in [2.75, 3.05) is 44.3 Å². The predicted octanol–water partition coefficient (Wildman–Crippen LogP) is 3.39. The molecule has 0 unspecified atom stereocenters. The van der Waals surface area contributed by atoms with E-state index >= 15 is 0 Å². The first-order chi connectivity index (χ1) is 13.2. The molecule has 1 saturated heterocycles. The van der Waals surface area contributed by atoms with E-state index in [-0.39, 0.29) is 5.91 Å². The molecule has 0 aromatic heterocycles. The number of anilines is 1. The summed E-state index contributed by atoms with van der Waals surface area (Å²) in [6.45, 7) is 4.34. The monoisotopic (exact) mass is 386 g/mol. The van der Waals surface area contributed by atoms with Gasteiger partial charge in [0.25, 0.3) is 0 Å². The van der Waals surface area contributed by atoms with Crippen LogP contribution < -0.4 is 14.4 Å². The first kappa shape index (κ1) is 18.0. The molecule has 1 fully saturated rings. The van der Waals surface area contributed by atoms with Crippen LogP contribution in [-0.4, -0.2) is 50.2 Å². The van der Waals surface area contributed by atoms with Gasteiger partial charge in [0.2, 0.25) is 5.91 Å². The molecular formula is C21H23ClN2O3. The molecular weight excluding hydrogens is 364 g/mol. The first-order valence-electron chi connectivity index (χ1n) is 9.36. The minimum atomic E-state index is 0.119. The van der Waals surface area contributed by atoms with Crippen molar-refractivity contribution in [3.8, 4) is 11.5 Å². The summed E-state index contributed by atoms with van der Waals surface area (Å²) in [4.78, 5) is 17.0. The van der Waals surface area contributed by atoms with Crippen LogP contribution in [0.15, 0.2) is 42.5 Å². The van der Waals surface area contributed by atoms with E-state index in [1.165, 1.54) is 5.69 Å². The molecule has 0 radical (unpaired) electrons. The molecule has 27 heavy (non-hydrogen) atoms. The molecule has 2 heterocycles. The number of ether oxygens (including phenoxy) is 2. The van der Waals surface area contributed by atoms with Gasteiger partial charge in [0.1, 0.15) is 0 Å². The SMILES string of the molecule is O=C(Cc1cc(Cl)c2c(c1)OCCCO2)N1CCN(c2ccccc2)CC1. The van der Waals surface area contributed by atoms with Gasteiger partial charge in [-0.05, 0) is 29.8 Å². The van der Waals surface area contributed by atoms with Crippen LogP contribution in [0.4, 0.5) is 5.69 Å². The Morgan fingerprint density at radius 2 is 1.74 bits per heavy atom. The number of carbonyl (C=O) groups excluding carboxylic acids is 1. The summed E-state index contributed by atoms with van der Waals surface area (Å²) in [5.41, 5.74) is 2.07. The minimum absolute atomic E-state index is 0.119. The second-order valence-corrected chi connectivity index (χ2v) is 7.24. The van der Waals surface area contributed by atoms with Crippen molar-refractivity contribution in [3.05, 3.63) is 53.1 Å². The molecule has 0 spiro atoms. The highest BCUT2D eigenvalue weighted by Gasteiger charge is 2.23. The van der Waals surface area contributed by atoms with Gasteiger partial charge in [0, 0.05) is 38.3 Å². The van der Waals surface area contributed by atoms with Crippen molar-refractivity contribution >= 4 is 23.2 Å². The third-order valence-electron chi connectivity index (χ3n) is 4.97. The summed E-state index contributed by atoms with van der Waals surface area (Å²) in [7, 11) is 0. The van der Waals surface area contributed by atoms with Crippen LogP contribution in [0.1, 0.15) is 12.0 Å². The number of benzene rings is 2. The maximum Gasteiger partial charge on any atom is 0.227 e. The standard InChI is InChI=1S/C21H23ClN2O3/c22-18-13-16(14-19-21(18)27-12-4-11-26-19)15-20(25)24-9-7-23(8-10-24)17-5-2-1-3-6-17/h1-3,5-6,13-14H,4,7-12,15H2. The molecule has 0 N–H and O–H groups in total. The van der Waals surface area contributed by atoms with E-state index in [4.69, 9.17) is 21.1 Å². The van der Waals surface area contributed by atoms with Crippen LogP contribution in [0.5, 0.6) is 11.5 Å². The number of hydrogen-bond donors (Lipinski definition) is 0. The van der Waals surface area contributed by atoms with E-state index in [1.807, 2.05) is 35.2 Å². The molecule has 2 aromatic rings. The summed E-state index contributed by atoms with van der Waals surface area (Å²) in [6.07, 6.45) is 1.15. The maximum atomic E-state index is 12.8. The van der Waals surface area contributed by atoms with Crippen LogP contribution in [0.3, 0.4) is 0 Å². The third kappa shape index (κ3) is 4.14. The van der Waals surface area contributed by atoms with Gasteiger partial charge in [0.05, 0.1) is 24.7 Å². The number of halogens is 1. The lowest BCUT2D eigenvalue weighted by atomic mass is 10.1. The normalized spacial score (nSPS) is 16.8. The molecule has 0 aliphatic carbocycles. The van der Waals surface area contributed by atoms with E-state index in [0.717, 1.165) is 38.2 Å². The highest BCUT2D eigenvalue weighted by Crippen LogP contribution is 2.38. The van der Waals surface area contributed by atoms with Crippen LogP contribution >= 0.6 is 11.6 Å². The average molecular weight is 387 g/mol. The van der Waals surface area contributed by atoms with E-state index in [1.54, 1.807) is 0 Å². The Kier molecular flexibility index (Phi) is 5.39. The second kappa shape index (κ2) is 8.09. The lowest BCUT2D eigenvalue weighted by Gasteiger charge is -2.36. The third-order valence-corrected chi connectivity index (χ3v) is 5.25. The number of amides is 1. The molecule has 2 aromatic carbocycles. The Morgan fingerprint density at radius 3 is 2.52 bits per heavy atom. The van der Waals surface area contributed by atoms with Gasteiger partial charge in [-0.15, -0.1) is 0 Å². The number of hydrogen-bond acceptors (Lipinski definition) is 4. The van der Waals surface area contributed by atoms with Crippen LogP contribution in [0.25, 0.3) is 0 Å². The molecule has 142 valence electrons. The molecule has 2 aliphatic rings. The highest BCUT2D eigenvalue weighted by molar-refractivity contribution is 6.32. The number of piperazine rings is 1. The van der Waals surface area contributed by atoms with Gasteiger partial charge in [-0.2, -0.15) is 0 Å². The minimum Gasteiger partial charge on any atom is -0.489 e. The van der Waals surface area contributed by atoms with Gasteiger partial charge < -0.3 is 19.3 Å². The number of para-hydroxylation sites is 1. The lowest BCUT2D eigenvalue weighted by Crippen LogP contribution is -2.49. The van der Waals surface area contributed by atoms with E-state index in [2.05, 4.69) is 17.0 Å². The maximum absolute atomic E-state index is 12.8. The fourth-order valence-corrected chi connectivity index (χ4v) is 3.81. The molecule has 5 nitrogen and oxygen atoms in total. The van der Waals surface area contributed by atoms with Gasteiger partial charge in [-0.1, -0.05) is 29.8 Å². The average Bonchev–Trinajstić information content (AvgIpc) is 2.95. The molecule has 6 heteroatoms. The van der Waals surface area contributed by atoms with E-state index in [9.17, 15) is 4.79 Å². The van der Waals surface area contributed by atoms with Crippen LogP contribution in [0.2, 0.25) is 5.02 Å². The zero-order valence-electron chi connectivity index (χ0n) is 15.2. The van der Waals surface area contributed by atoms with Crippen LogP contribution in [0, 0.1) is 0 Å². The number of carbonyl (C=O) groups is 1. The zero-order valence-corrected chi connectivity index (χ0v) is 16.0. The molecule has 2 aliphatic heterocycles. The Balaban J connectivity index is 1.39. The van der Waals surface area contributed by atoms with E-state index < -0.39 is 0 Å². The highest BCUT2D eigenvalue weighted by atomic mass is 35.5. The van der Waals surface area contributed by atoms with Gasteiger partial charge >= 0.3 is 0 Å². The number of rotatable bonds is 3.